The maximum Gasteiger partial charge on any atom is 0.242 e. The molecule has 4 nitrogen and oxygen atoms in total. The Bertz CT molecular complexity index is 679. The van der Waals surface area contributed by atoms with Gasteiger partial charge in [-0.15, -0.1) is 0 Å². The largest absolute Gasteiger partial charge is 0.384 e. The molecule has 0 heterocycles. The molecule has 0 amide bonds. The molecule has 114 valence electrons. The van der Waals surface area contributed by atoms with Crippen LogP contribution in [0, 0.1) is 17.7 Å². The average molecular weight is 311 g/mol. The van der Waals surface area contributed by atoms with Gasteiger partial charge in [0.1, 0.15) is 12.4 Å². The Balaban J connectivity index is 2.40. The first-order valence-electron chi connectivity index (χ1n) is 6.86. The van der Waals surface area contributed by atoms with E-state index in [1.807, 2.05) is 6.92 Å². The van der Waals surface area contributed by atoms with Crippen molar-refractivity contribution in [3.8, 4) is 11.8 Å². The van der Waals surface area contributed by atoms with Crippen LogP contribution in [0.4, 0.5) is 4.39 Å². The first kappa shape index (κ1) is 16.0. The molecule has 1 saturated carbocycles. The molecular formula is C15H18FNO3S. The van der Waals surface area contributed by atoms with Gasteiger partial charge in [-0.3, -0.25) is 0 Å². The van der Waals surface area contributed by atoms with Crippen LogP contribution in [0.2, 0.25) is 0 Å². The molecule has 2 rings (SSSR count). The van der Waals surface area contributed by atoms with E-state index in [0.29, 0.717) is 6.42 Å². The number of nitrogens with one attached hydrogen (secondary N) is 1. The SMILES string of the molecule is CCC1(NS(=O)(=O)c2ccc(F)cc2C#CCO)CCC1. The highest BCUT2D eigenvalue weighted by Gasteiger charge is 2.39. The minimum atomic E-state index is -3.77. The number of rotatable bonds is 4. The topological polar surface area (TPSA) is 66.4 Å². The summed E-state index contributed by atoms with van der Waals surface area (Å²) in [6.45, 7) is 1.53. The summed E-state index contributed by atoms with van der Waals surface area (Å²) < 4.78 is 41.1. The Hall–Kier alpha value is -1.42. The zero-order valence-electron chi connectivity index (χ0n) is 11.8. The quantitative estimate of drug-likeness (QED) is 0.833. The van der Waals surface area contributed by atoms with Gasteiger partial charge in [0.15, 0.2) is 0 Å². The molecule has 1 aliphatic carbocycles. The molecule has 0 aliphatic heterocycles. The highest BCUT2D eigenvalue weighted by atomic mass is 32.2. The lowest BCUT2D eigenvalue weighted by atomic mass is 9.76. The third-order valence-corrected chi connectivity index (χ3v) is 5.51. The van der Waals surface area contributed by atoms with E-state index in [1.54, 1.807) is 0 Å². The smallest absolute Gasteiger partial charge is 0.242 e. The van der Waals surface area contributed by atoms with E-state index in [1.165, 1.54) is 6.07 Å². The van der Waals surface area contributed by atoms with Crippen molar-refractivity contribution in [1.29, 1.82) is 0 Å². The van der Waals surface area contributed by atoms with Crippen LogP contribution < -0.4 is 4.72 Å². The molecule has 0 spiro atoms. The first-order chi connectivity index (χ1) is 9.92. The Kier molecular flexibility index (Phi) is 4.67. The molecule has 1 aromatic rings. The van der Waals surface area contributed by atoms with E-state index >= 15 is 0 Å². The molecule has 0 bridgehead atoms. The molecule has 1 fully saturated rings. The Labute approximate surface area is 124 Å². The number of sulfonamides is 1. The van der Waals surface area contributed by atoms with E-state index in [0.717, 1.165) is 31.4 Å². The van der Waals surface area contributed by atoms with E-state index in [-0.39, 0.29) is 10.5 Å². The van der Waals surface area contributed by atoms with Gasteiger partial charge in [-0.1, -0.05) is 18.8 Å². The molecule has 1 aromatic carbocycles. The zero-order chi connectivity index (χ0) is 15.5. The molecule has 21 heavy (non-hydrogen) atoms. The van der Waals surface area contributed by atoms with Crippen LogP contribution in [0.5, 0.6) is 0 Å². The highest BCUT2D eigenvalue weighted by Crippen LogP contribution is 2.36. The minimum absolute atomic E-state index is 0.0513. The fourth-order valence-electron chi connectivity index (χ4n) is 2.44. The van der Waals surface area contributed by atoms with Crippen LogP contribution in [0.25, 0.3) is 0 Å². The van der Waals surface area contributed by atoms with E-state index < -0.39 is 28.0 Å². The van der Waals surface area contributed by atoms with Crippen LogP contribution >= 0.6 is 0 Å². The van der Waals surface area contributed by atoms with Gasteiger partial charge in [-0.2, -0.15) is 0 Å². The second-order valence-corrected chi connectivity index (χ2v) is 6.84. The van der Waals surface area contributed by atoms with Crippen molar-refractivity contribution in [3.63, 3.8) is 0 Å². The monoisotopic (exact) mass is 311 g/mol. The summed E-state index contributed by atoms with van der Waals surface area (Å²) in [5, 5.41) is 8.73. The first-order valence-corrected chi connectivity index (χ1v) is 8.34. The number of halogens is 1. The van der Waals surface area contributed by atoms with Crippen LogP contribution in [-0.4, -0.2) is 25.7 Å². The van der Waals surface area contributed by atoms with Gasteiger partial charge in [0.05, 0.1) is 4.90 Å². The van der Waals surface area contributed by atoms with Gasteiger partial charge in [0.2, 0.25) is 10.0 Å². The van der Waals surface area contributed by atoms with Crippen molar-refractivity contribution in [2.75, 3.05) is 6.61 Å². The fraction of sp³-hybridized carbons (Fsp3) is 0.467. The van der Waals surface area contributed by atoms with Crippen LogP contribution in [0.3, 0.4) is 0 Å². The maximum atomic E-state index is 13.3. The van der Waals surface area contributed by atoms with Gasteiger partial charge in [-0.05, 0) is 43.9 Å². The molecule has 1 aliphatic rings. The van der Waals surface area contributed by atoms with Crippen molar-refractivity contribution in [3.05, 3.63) is 29.6 Å². The molecule has 0 saturated heterocycles. The third-order valence-electron chi connectivity index (χ3n) is 3.87. The van der Waals surface area contributed by atoms with Crippen LogP contribution in [-0.2, 0) is 10.0 Å². The summed E-state index contributed by atoms with van der Waals surface area (Å²) in [6.07, 6.45) is 3.32. The molecule has 6 heteroatoms. The van der Waals surface area contributed by atoms with Gasteiger partial charge in [-0.25, -0.2) is 17.5 Å². The van der Waals surface area contributed by atoms with Gasteiger partial charge >= 0.3 is 0 Å². The predicted molar refractivity (Wildman–Crippen MR) is 77.6 cm³/mol. The van der Waals surface area contributed by atoms with Gasteiger partial charge in [0, 0.05) is 11.1 Å². The van der Waals surface area contributed by atoms with Crippen molar-refractivity contribution in [1.82, 2.24) is 4.72 Å². The van der Waals surface area contributed by atoms with Gasteiger partial charge < -0.3 is 5.11 Å². The van der Waals surface area contributed by atoms with E-state index in [9.17, 15) is 12.8 Å². The summed E-state index contributed by atoms with van der Waals surface area (Å²) in [7, 11) is -3.77. The van der Waals surface area contributed by atoms with Crippen molar-refractivity contribution < 1.29 is 17.9 Å². The second-order valence-electron chi connectivity index (χ2n) is 5.19. The summed E-state index contributed by atoms with van der Waals surface area (Å²) in [5.74, 6) is 4.28. The number of aliphatic hydroxyl groups excluding tert-OH is 1. The lowest BCUT2D eigenvalue weighted by molar-refractivity contribution is 0.214. The van der Waals surface area contributed by atoms with E-state index in [4.69, 9.17) is 5.11 Å². The number of hydrogen-bond acceptors (Lipinski definition) is 3. The van der Waals surface area contributed by atoms with E-state index in [2.05, 4.69) is 16.6 Å². The number of hydrogen-bond donors (Lipinski definition) is 2. The number of benzene rings is 1. The maximum absolute atomic E-state index is 13.3. The second kappa shape index (κ2) is 6.14. The Morgan fingerprint density at radius 1 is 1.43 bits per heavy atom. The molecule has 0 radical (unpaired) electrons. The van der Waals surface area contributed by atoms with Crippen LogP contribution in [0.1, 0.15) is 38.2 Å². The summed E-state index contributed by atoms with van der Waals surface area (Å²) in [4.78, 5) is -0.0513. The highest BCUT2D eigenvalue weighted by molar-refractivity contribution is 7.89. The van der Waals surface area contributed by atoms with Crippen molar-refractivity contribution in [2.24, 2.45) is 0 Å². The molecule has 0 unspecified atom stereocenters. The lowest BCUT2D eigenvalue weighted by Crippen LogP contribution is -2.52. The Morgan fingerprint density at radius 2 is 2.14 bits per heavy atom. The van der Waals surface area contributed by atoms with Crippen molar-refractivity contribution in [2.45, 2.75) is 43.0 Å². The molecule has 0 aromatic heterocycles. The van der Waals surface area contributed by atoms with Crippen LogP contribution in [0.15, 0.2) is 23.1 Å². The molecule has 0 atom stereocenters. The predicted octanol–water partition coefficient (Wildman–Crippen LogP) is 1.78. The summed E-state index contributed by atoms with van der Waals surface area (Å²) in [6, 6.07) is 3.37. The lowest BCUT2D eigenvalue weighted by Gasteiger charge is -2.41. The average Bonchev–Trinajstić information content (AvgIpc) is 2.40. The normalized spacial score (nSPS) is 16.7. The summed E-state index contributed by atoms with van der Waals surface area (Å²) in [5.41, 5.74) is -0.336. The fourth-order valence-corrected chi connectivity index (χ4v) is 4.12. The van der Waals surface area contributed by atoms with Gasteiger partial charge in [0.25, 0.3) is 0 Å². The molecule has 2 N–H and O–H groups in total. The summed E-state index contributed by atoms with van der Waals surface area (Å²) >= 11 is 0. The zero-order valence-corrected chi connectivity index (χ0v) is 12.6. The standard InChI is InChI=1S/C15H18FNO3S/c1-2-15(8-4-9-15)17-21(19,20)14-7-6-13(16)11-12(14)5-3-10-18/h6-7,11,17-18H,2,4,8-10H2,1H3. The molecular weight excluding hydrogens is 293 g/mol. The van der Waals surface area contributed by atoms with Crippen molar-refractivity contribution >= 4 is 10.0 Å². The third kappa shape index (κ3) is 3.43. The Morgan fingerprint density at radius 3 is 2.67 bits per heavy atom. The minimum Gasteiger partial charge on any atom is -0.384 e. The number of aliphatic hydroxyl groups is 1.